The fourth-order valence-electron chi connectivity index (χ4n) is 2.50. The van der Waals surface area contributed by atoms with Gasteiger partial charge in [0.05, 0.1) is 5.56 Å². The summed E-state index contributed by atoms with van der Waals surface area (Å²) in [6.45, 7) is -0.0767. The number of halogens is 3. The summed E-state index contributed by atoms with van der Waals surface area (Å²) in [7, 11) is 0. The van der Waals surface area contributed by atoms with Gasteiger partial charge in [-0.3, -0.25) is 0 Å². The zero-order chi connectivity index (χ0) is 13.9. The lowest BCUT2D eigenvalue weighted by atomic mass is 10.1. The van der Waals surface area contributed by atoms with Gasteiger partial charge in [-0.25, -0.2) is 0 Å². The van der Waals surface area contributed by atoms with Crippen LogP contribution in [0.3, 0.4) is 0 Å². The molecule has 0 aliphatic heterocycles. The smallest absolute Gasteiger partial charge is 0.326 e. The van der Waals surface area contributed by atoms with Crippen molar-refractivity contribution in [3.05, 3.63) is 29.3 Å². The first-order valence-corrected chi connectivity index (χ1v) is 7.52. The van der Waals surface area contributed by atoms with Crippen LogP contribution in [0.15, 0.2) is 23.1 Å². The molecule has 1 aromatic carbocycles. The lowest BCUT2D eigenvalue weighted by Crippen LogP contribution is -2.12. The van der Waals surface area contributed by atoms with Gasteiger partial charge in [-0.05, 0) is 42.5 Å². The molecule has 106 valence electrons. The van der Waals surface area contributed by atoms with Crippen molar-refractivity contribution in [1.82, 2.24) is 0 Å². The Kier molecular flexibility index (Phi) is 4.79. The maximum atomic E-state index is 12.7. The quantitative estimate of drug-likeness (QED) is 0.829. The highest BCUT2D eigenvalue weighted by Gasteiger charge is 2.32. The number of alkyl halides is 3. The number of hydrogen-bond donors (Lipinski definition) is 1. The van der Waals surface area contributed by atoms with Crippen LogP contribution in [0.1, 0.15) is 36.8 Å². The van der Waals surface area contributed by atoms with Gasteiger partial charge in [-0.2, -0.15) is 13.2 Å². The van der Waals surface area contributed by atoms with Gasteiger partial charge in [0.1, 0.15) is 0 Å². The van der Waals surface area contributed by atoms with E-state index in [9.17, 15) is 13.2 Å². The van der Waals surface area contributed by atoms with E-state index in [-0.39, 0.29) is 12.1 Å². The van der Waals surface area contributed by atoms with Crippen molar-refractivity contribution in [2.24, 2.45) is 11.7 Å². The SMILES string of the molecule is NCc1cc(SCC2CCCC2)ccc1C(F)(F)F. The molecule has 2 N–H and O–H groups in total. The van der Waals surface area contributed by atoms with E-state index < -0.39 is 11.7 Å². The van der Waals surface area contributed by atoms with Crippen molar-refractivity contribution >= 4 is 11.8 Å². The molecule has 1 nitrogen and oxygen atoms in total. The van der Waals surface area contributed by atoms with E-state index in [1.807, 2.05) is 0 Å². The van der Waals surface area contributed by atoms with Crippen LogP contribution in [0.25, 0.3) is 0 Å². The van der Waals surface area contributed by atoms with Gasteiger partial charge < -0.3 is 5.73 Å². The molecule has 0 saturated heterocycles. The molecule has 1 saturated carbocycles. The second kappa shape index (κ2) is 6.18. The van der Waals surface area contributed by atoms with E-state index in [0.717, 1.165) is 16.7 Å². The van der Waals surface area contributed by atoms with E-state index in [4.69, 9.17) is 5.73 Å². The van der Waals surface area contributed by atoms with Crippen LogP contribution in [-0.4, -0.2) is 5.75 Å². The average molecular weight is 289 g/mol. The predicted molar refractivity (Wildman–Crippen MR) is 72.0 cm³/mol. The molecule has 2 rings (SSSR count). The largest absolute Gasteiger partial charge is 0.416 e. The van der Waals surface area contributed by atoms with Crippen LogP contribution in [0.2, 0.25) is 0 Å². The van der Waals surface area contributed by atoms with Crippen molar-refractivity contribution in [3.63, 3.8) is 0 Å². The summed E-state index contributed by atoms with van der Waals surface area (Å²) < 4.78 is 38.2. The first kappa shape index (κ1) is 14.7. The molecule has 0 unspecified atom stereocenters. The Bertz CT molecular complexity index is 425. The number of nitrogens with two attached hydrogens (primary N) is 1. The second-order valence-corrected chi connectivity index (χ2v) is 6.08. The Morgan fingerprint density at radius 1 is 1.21 bits per heavy atom. The molecule has 0 heterocycles. The Balaban J connectivity index is 2.06. The van der Waals surface area contributed by atoms with Crippen molar-refractivity contribution in [2.75, 3.05) is 5.75 Å². The molecule has 1 aliphatic rings. The molecule has 0 spiro atoms. The minimum atomic E-state index is -4.32. The molecule has 1 fully saturated rings. The Labute approximate surface area is 115 Å². The lowest BCUT2D eigenvalue weighted by molar-refractivity contribution is -0.138. The number of hydrogen-bond acceptors (Lipinski definition) is 2. The highest BCUT2D eigenvalue weighted by molar-refractivity contribution is 7.99. The molecule has 0 atom stereocenters. The van der Waals surface area contributed by atoms with Crippen LogP contribution in [-0.2, 0) is 12.7 Å². The fraction of sp³-hybridized carbons (Fsp3) is 0.571. The zero-order valence-corrected chi connectivity index (χ0v) is 11.5. The van der Waals surface area contributed by atoms with Crippen LogP contribution >= 0.6 is 11.8 Å². The van der Waals surface area contributed by atoms with Crippen LogP contribution in [0, 0.1) is 5.92 Å². The summed E-state index contributed by atoms with van der Waals surface area (Å²) in [6, 6.07) is 4.29. The molecule has 0 radical (unpaired) electrons. The lowest BCUT2D eigenvalue weighted by Gasteiger charge is -2.14. The fourth-order valence-corrected chi connectivity index (χ4v) is 3.65. The molecule has 19 heavy (non-hydrogen) atoms. The zero-order valence-electron chi connectivity index (χ0n) is 10.7. The van der Waals surface area contributed by atoms with Gasteiger partial charge in [-0.15, -0.1) is 11.8 Å². The number of benzene rings is 1. The molecule has 1 aromatic rings. The van der Waals surface area contributed by atoms with Crippen LogP contribution < -0.4 is 5.73 Å². The topological polar surface area (TPSA) is 26.0 Å². The predicted octanol–water partition coefficient (Wildman–Crippen LogP) is 4.45. The van der Waals surface area contributed by atoms with Gasteiger partial charge in [0, 0.05) is 17.2 Å². The molecular formula is C14H18F3NS. The van der Waals surface area contributed by atoms with Crippen LogP contribution in [0.5, 0.6) is 0 Å². The van der Waals surface area contributed by atoms with Gasteiger partial charge in [0.25, 0.3) is 0 Å². The van der Waals surface area contributed by atoms with Gasteiger partial charge in [0.2, 0.25) is 0 Å². The van der Waals surface area contributed by atoms with Gasteiger partial charge in [-0.1, -0.05) is 12.8 Å². The van der Waals surface area contributed by atoms with Crippen molar-refractivity contribution in [2.45, 2.75) is 43.3 Å². The Morgan fingerprint density at radius 2 is 1.89 bits per heavy atom. The molecule has 0 bridgehead atoms. The minimum absolute atomic E-state index is 0.0767. The molecule has 0 amide bonds. The maximum Gasteiger partial charge on any atom is 0.416 e. The maximum absolute atomic E-state index is 12.7. The van der Waals surface area contributed by atoms with Gasteiger partial charge >= 0.3 is 6.18 Å². The Hall–Kier alpha value is -0.680. The third-order valence-electron chi connectivity index (χ3n) is 3.56. The highest BCUT2D eigenvalue weighted by Crippen LogP contribution is 2.35. The standard InChI is InChI=1S/C14H18F3NS/c15-14(16,17)13-6-5-12(7-11(13)8-18)19-9-10-3-1-2-4-10/h5-7,10H,1-4,8-9,18H2. The monoisotopic (exact) mass is 289 g/mol. The van der Waals surface area contributed by atoms with E-state index in [1.54, 1.807) is 23.9 Å². The van der Waals surface area contributed by atoms with Crippen molar-refractivity contribution < 1.29 is 13.2 Å². The summed E-state index contributed by atoms with van der Waals surface area (Å²) >= 11 is 1.64. The Morgan fingerprint density at radius 3 is 2.47 bits per heavy atom. The first-order chi connectivity index (χ1) is 9.00. The summed E-state index contributed by atoms with van der Waals surface area (Å²) in [5, 5.41) is 0. The first-order valence-electron chi connectivity index (χ1n) is 6.53. The third-order valence-corrected chi connectivity index (χ3v) is 4.79. The molecule has 5 heteroatoms. The van der Waals surface area contributed by atoms with Crippen molar-refractivity contribution in [1.29, 1.82) is 0 Å². The normalized spacial score (nSPS) is 17.1. The number of thioether (sulfide) groups is 1. The van der Waals surface area contributed by atoms with E-state index in [2.05, 4.69) is 0 Å². The van der Waals surface area contributed by atoms with Gasteiger partial charge in [0.15, 0.2) is 0 Å². The number of rotatable bonds is 4. The molecule has 1 aliphatic carbocycles. The summed E-state index contributed by atoms with van der Waals surface area (Å²) in [5.74, 6) is 1.71. The molecule has 0 aromatic heterocycles. The average Bonchev–Trinajstić information content (AvgIpc) is 2.88. The minimum Gasteiger partial charge on any atom is -0.326 e. The summed E-state index contributed by atoms with van der Waals surface area (Å²) in [4.78, 5) is 0.889. The second-order valence-electron chi connectivity index (χ2n) is 4.98. The third kappa shape index (κ3) is 3.89. The van der Waals surface area contributed by atoms with Crippen LogP contribution in [0.4, 0.5) is 13.2 Å². The van der Waals surface area contributed by atoms with E-state index >= 15 is 0 Å². The molecular weight excluding hydrogens is 271 g/mol. The van der Waals surface area contributed by atoms with E-state index in [0.29, 0.717) is 5.92 Å². The van der Waals surface area contributed by atoms with Crippen molar-refractivity contribution in [3.8, 4) is 0 Å². The highest BCUT2D eigenvalue weighted by atomic mass is 32.2. The van der Waals surface area contributed by atoms with E-state index in [1.165, 1.54) is 25.7 Å². The summed E-state index contributed by atoms with van der Waals surface area (Å²) in [5.41, 5.74) is 5.00. The summed E-state index contributed by atoms with van der Waals surface area (Å²) in [6.07, 6.45) is 0.747.